The van der Waals surface area contributed by atoms with Crippen molar-refractivity contribution in [3.8, 4) is 0 Å². The summed E-state index contributed by atoms with van der Waals surface area (Å²) < 4.78 is 0. The number of anilines is 1. The molecule has 1 N–H and O–H groups in total. The molecule has 0 spiro atoms. The fraction of sp³-hybridized carbons (Fsp3) is 0.227. The quantitative estimate of drug-likeness (QED) is 0.594. The number of hydrogen-bond acceptors (Lipinski definition) is 3. The van der Waals surface area contributed by atoms with Crippen LogP contribution in [0.25, 0.3) is 10.8 Å². The molecule has 0 bridgehead atoms. The van der Waals surface area contributed by atoms with Gasteiger partial charge in [0.1, 0.15) is 0 Å². The molecule has 0 fully saturated rings. The summed E-state index contributed by atoms with van der Waals surface area (Å²) in [5, 5.41) is 6.36. The van der Waals surface area contributed by atoms with Crippen LogP contribution in [0.4, 0.5) is 5.69 Å². The largest absolute Gasteiger partial charge is 0.374 e. The van der Waals surface area contributed by atoms with Crippen molar-refractivity contribution < 1.29 is 4.79 Å². The van der Waals surface area contributed by atoms with Gasteiger partial charge in [-0.25, -0.2) is 0 Å². The predicted molar refractivity (Wildman–Crippen MR) is 110 cm³/mol. The first-order valence-corrected chi connectivity index (χ1v) is 9.18. The first kappa shape index (κ1) is 18.4. The van der Waals surface area contributed by atoms with E-state index in [9.17, 15) is 4.79 Å². The standard InChI is InChI=1S/C22H23ClN2O/c1-3-25(2)21-12-11-16(19-9-6-8-18(15-26)22(19)21)13-24-14-17-7-4-5-10-20(17)23/h4-12,15,24H,3,13-14H2,1-2H3. The summed E-state index contributed by atoms with van der Waals surface area (Å²) in [6, 6.07) is 18.0. The van der Waals surface area contributed by atoms with Crippen molar-refractivity contribution in [2.24, 2.45) is 0 Å². The molecular formula is C22H23ClN2O. The molecule has 3 rings (SSSR count). The molecule has 26 heavy (non-hydrogen) atoms. The van der Waals surface area contributed by atoms with Crippen LogP contribution >= 0.6 is 11.6 Å². The molecule has 0 aliphatic carbocycles. The third-order valence-electron chi connectivity index (χ3n) is 4.74. The fourth-order valence-electron chi connectivity index (χ4n) is 3.19. The Morgan fingerprint density at radius 3 is 2.50 bits per heavy atom. The van der Waals surface area contributed by atoms with Crippen LogP contribution in [-0.2, 0) is 13.1 Å². The Labute approximate surface area is 159 Å². The second kappa shape index (κ2) is 8.35. The van der Waals surface area contributed by atoms with Crippen molar-refractivity contribution in [3.63, 3.8) is 0 Å². The number of carbonyl (C=O) groups is 1. The molecule has 134 valence electrons. The molecule has 0 saturated heterocycles. The van der Waals surface area contributed by atoms with Crippen LogP contribution in [0.5, 0.6) is 0 Å². The van der Waals surface area contributed by atoms with Gasteiger partial charge < -0.3 is 10.2 Å². The van der Waals surface area contributed by atoms with Crippen molar-refractivity contribution >= 4 is 34.3 Å². The van der Waals surface area contributed by atoms with Crippen LogP contribution in [0.15, 0.2) is 54.6 Å². The number of nitrogens with one attached hydrogen (secondary N) is 1. The minimum absolute atomic E-state index is 0.700. The number of carbonyl (C=O) groups excluding carboxylic acids is 1. The highest BCUT2D eigenvalue weighted by atomic mass is 35.5. The Morgan fingerprint density at radius 2 is 1.77 bits per heavy atom. The van der Waals surface area contributed by atoms with Gasteiger partial charge in [-0.15, -0.1) is 0 Å². The van der Waals surface area contributed by atoms with E-state index in [1.165, 1.54) is 5.56 Å². The number of aldehydes is 1. The Hall–Kier alpha value is -2.36. The van der Waals surface area contributed by atoms with E-state index in [-0.39, 0.29) is 0 Å². The molecule has 0 radical (unpaired) electrons. The van der Waals surface area contributed by atoms with Crippen LogP contribution in [-0.4, -0.2) is 19.9 Å². The molecule has 0 amide bonds. The van der Waals surface area contributed by atoms with Gasteiger partial charge in [-0.2, -0.15) is 0 Å². The van der Waals surface area contributed by atoms with E-state index in [2.05, 4.69) is 35.3 Å². The zero-order chi connectivity index (χ0) is 18.5. The lowest BCUT2D eigenvalue weighted by Crippen LogP contribution is -2.17. The number of hydrogen-bond donors (Lipinski definition) is 1. The van der Waals surface area contributed by atoms with Crippen LogP contribution < -0.4 is 10.2 Å². The Bertz CT molecular complexity index is 923. The minimum atomic E-state index is 0.700. The number of benzene rings is 3. The summed E-state index contributed by atoms with van der Waals surface area (Å²) in [6.45, 7) is 4.39. The summed E-state index contributed by atoms with van der Waals surface area (Å²) in [6.07, 6.45) is 0.941. The second-order valence-corrected chi connectivity index (χ2v) is 6.75. The minimum Gasteiger partial charge on any atom is -0.374 e. The summed E-state index contributed by atoms with van der Waals surface area (Å²) in [5.41, 5.74) is 4.06. The highest BCUT2D eigenvalue weighted by Gasteiger charge is 2.12. The van der Waals surface area contributed by atoms with Gasteiger partial charge in [-0.05, 0) is 35.6 Å². The Balaban J connectivity index is 1.92. The van der Waals surface area contributed by atoms with Gasteiger partial charge in [-0.3, -0.25) is 4.79 Å². The maximum Gasteiger partial charge on any atom is 0.150 e. The smallest absolute Gasteiger partial charge is 0.150 e. The number of rotatable bonds is 7. The van der Waals surface area contributed by atoms with Gasteiger partial charge in [0.05, 0.1) is 0 Å². The van der Waals surface area contributed by atoms with Crippen molar-refractivity contribution in [2.45, 2.75) is 20.0 Å². The van der Waals surface area contributed by atoms with E-state index in [4.69, 9.17) is 11.6 Å². The van der Waals surface area contributed by atoms with E-state index in [1.807, 2.05) is 43.4 Å². The van der Waals surface area contributed by atoms with Crippen LogP contribution in [0.2, 0.25) is 5.02 Å². The predicted octanol–water partition coefficient (Wildman–Crippen LogP) is 5.05. The lowest BCUT2D eigenvalue weighted by Gasteiger charge is -2.21. The molecule has 3 nitrogen and oxygen atoms in total. The van der Waals surface area contributed by atoms with Gasteiger partial charge in [0, 0.05) is 48.3 Å². The van der Waals surface area contributed by atoms with E-state index < -0.39 is 0 Å². The third kappa shape index (κ3) is 3.74. The van der Waals surface area contributed by atoms with Crippen molar-refractivity contribution in [2.75, 3.05) is 18.5 Å². The zero-order valence-electron chi connectivity index (χ0n) is 15.1. The lowest BCUT2D eigenvalue weighted by atomic mass is 9.98. The lowest BCUT2D eigenvalue weighted by molar-refractivity contribution is 0.112. The summed E-state index contributed by atoms with van der Waals surface area (Å²) >= 11 is 6.23. The maximum atomic E-state index is 11.6. The second-order valence-electron chi connectivity index (χ2n) is 6.34. The summed E-state index contributed by atoms with van der Waals surface area (Å²) in [5.74, 6) is 0. The van der Waals surface area contributed by atoms with Crippen molar-refractivity contribution in [1.82, 2.24) is 5.32 Å². The van der Waals surface area contributed by atoms with E-state index >= 15 is 0 Å². The first-order valence-electron chi connectivity index (χ1n) is 8.80. The average molecular weight is 367 g/mol. The molecule has 4 heteroatoms. The SMILES string of the molecule is CCN(C)c1ccc(CNCc2ccccc2Cl)c2cccc(C=O)c12. The average Bonchev–Trinajstić information content (AvgIpc) is 2.68. The molecule has 0 aromatic heterocycles. The Kier molecular flexibility index (Phi) is 5.92. The van der Waals surface area contributed by atoms with E-state index in [0.717, 1.165) is 45.4 Å². The monoisotopic (exact) mass is 366 g/mol. The maximum absolute atomic E-state index is 11.6. The number of nitrogens with zero attached hydrogens (tertiary/aromatic N) is 1. The normalized spacial score (nSPS) is 10.9. The zero-order valence-corrected chi connectivity index (χ0v) is 15.9. The number of fused-ring (bicyclic) bond motifs is 1. The molecular weight excluding hydrogens is 344 g/mol. The molecule has 0 unspecified atom stereocenters. The van der Waals surface area contributed by atoms with Crippen molar-refractivity contribution in [3.05, 3.63) is 76.3 Å². The van der Waals surface area contributed by atoms with Crippen LogP contribution in [0.3, 0.4) is 0 Å². The molecule has 0 aliphatic heterocycles. The topological polar surface area (TPSA) is 32.3 Å². The van der Waals surface area contributed by atoms with Gasteiger partial charge in [0.15, 0.2) is 6.29 Å². The highest BCUT2D eigenvalue weighted by molar-refractivity contribution is 6.31. The Morgan fingerprint density at radius 1 is 1.00 bits per heavy atom. The van der Waals surface area contributed by atoms with Gasteiger partial charge >= 0.3 is 0 Å². The first-order chi connectivity index (χ1) is 12.7. The van der Waals surface area contributed by atoms with E-state index in [1.54, 1.807) is 0 Å². The summed E-state index contributed by atoms with van der Waals surface area (Å²) in [7, 11) is 2.05. The van der Waals surface area contributed by atoms with Gasteiger partial charge in [-0.1, -0.05) is 54.1 Å². The molecule has 3 aromatic rings. The highest BCUT2D eigenvalue weighted by Crippen LogP contribution is 2.31. The van der Waals surface area contributed by atoms with Gasteiger partial charge in [0.2, 0.25) is 0 Å². The summed E-state index contributed by atoms with van der Waals surface area (Å²) in [4.78, 5) is 13.7. The fourth-order valence-corrected chi connectivity index (χ4v) is 3.39. The van der Waals surface area contributed by atoms with Crippen molar-refractivity contribution in [1.29, 1.82) is 0 Å². The molecule has 0 aliphatic rings. The van der Waals surface area contributed by atoms with E-state index in [0.29, 0.717) is 13.1 Å². The molecule has 0 heterocycles. The van der Waals surface area contributed by atoms with Gasteiger partial charge in [0.25, 0.3) is 0 Å². The number of halogens is 1. The molecule has 0 atom stereocenters. The molecule has 0 saturated carbocycles. The van der Waals surface area contributed by atoms with Crippen LogP contribution in [0, 0.1) is 0 Å². The molecule has 3 aromatic carbocycles. The third-order valence-corrected chi connectivity index (χ3v) is 5.11. The van der Waals surface area contributed by atoms with Crippen LogP contribution in [0.1, 0.15) is 28.4 Å².